The normalized spacial score (nSPS) is 16.4. The summed E-state index contributed by atoms with van der Waals surface area (Å²) in [7, 11) is 5.80. The number of anilines is 2. The van der Waals surface area contributed by atoms with E-state index < -0.39 is 0 Å². The molecule has 0 unspecified atom stereocenters. The molecule has 0 radical (unpaired) electrons. The molecule has 1 saturated heterocycles. The topological polar surface area (TPSA) is 93.0 Å². The maximum absolute atomic E-state index is 13.7. The molecule has 10 heteroatoms. The molecule has 1 aromatic carbocycles. The Labute approximate surface area is 232 Å². The van der Waals surface area contributed by atoms with Crippen molar-refractivity contribution in [3.63, 3.8) is 0 Å². The summed E-state index contributed by atoms with van der Waals surface area (Å²) in [6, 6.07) is 10.8. The molecule has 0 atom stereocenters. The predicted octanol–water partition coefficient (Wildman–Crippen LogP) is 4.28. The second-order valence-electron chi connectivity index (χ2n) is 10.8. The van der Waals surface area contributed by atoms with E-state index in [0.29, 0.717) is 55.6 Å². The number of rotatable bonds is 8. The highest BCUT2D eigenvalue weighted by atomic mass is 19.1. The van der Waals surface area contributed by atoms with Crippen molar-refractivity contribution in [3.8, 4) is 11.3 Å². The number of nitrogens with one attached hydrogen (secondary N) is 2. The van der Waals surface area contributed by atoms with Crippen LogP contribution in [0.25, 0.3) is 16.9 Å². The molecule has 9 nitrogen and oxygen atoms in total. The van der Waals surface area contributed by atoms with Crippen molar-refractivity contribution >= 4 is 23.1 Å². The van der Waals surface area contributed by atoms with Crippen LogP contribution in [0.4, 0.5) is 15.9 Å². The quantitative estimate of drug-likeness (QED) is 0.342. The van der Waals surface area contributed by atoms with Gasteiger partial charge in [0.15, 0.2) is 0 Å². The number of aromatic nitrogens is 3. The van der Waals surface area contributed by atoms with E-state index in [2.05, 4.69) is 26.6 Å². The molecule has 40 heavy (non-hydrogen) atoms. The van der Waals surface area contributed by atoms with E-state index in [0.717, 1.165) is 35.4 Å². The number of hydrogen-bond donors (Lipinski definition) is 2. The van der Waals surface area contributed by atoms with Crippen LogP contribution in [-0.4, -0.2) is 66.2 Å². The monoisotopic (exact) mass is 544 g/mol. The van der Waals surface area contributed by atoms with E-state index >= 15 is 0 Å². The Hall–Kier alpha value is -3.86. The number of hydrogen-bond acceptors (Lipinski definition) is 7. The first-order valence-electron chi connectivity index (χ1n) is 13.4. The number of methoxy groups -OCH3 is 1. The summed E-state index contributed by atoms with van der Waals surface area (Å²) in [6.45, 7) is 3.06. The van der Waals surface area contributed by atoms with Crippen LogP contribution in [0.3, 0.4) is 0 Å². The van der Waals surface area contributed by atoms with Gasteiger partial charge in [-0.3, -0.25) is 9.20 Å². The van der Waals surface area contributed by atoms with Gasteiger partial charge in [0.1, 0.15) is 17.3 Å². The third-order valence-corrected chi connectivity index (χ3v) is 7.86. The van der Waals surface area contributed by atoms with Crippen molar-refractivity contribution in [2.45, 2.75) is 31.3 Å². The van der Waals surface area contributed by atoms with Gasteiger partial charge in [-0.2, -0.15) is 0 Å². The van der Waals surface area contributed by atoms with Crippen LogP contribution in [0.2, 0.25) is 0 Å². The molecular weight excluding hydrogens is 511 g/mol. The standard InChI is InChI=1S/C30H33FN6O3/c1-36(2)17-24-22(30(18-39-3)9-12-40-13-10-30)5-7-26(35-24)34-23-6-4-20(21-15-33-29(38)28(21)23)25-16-32-27-14-19(31)8-11-37(25)27/h4-8,11,14,16H,9-10,12-13,15,17-18H2,1-3H3,(H,33,38)(H,34,35). The molecule has 2 aliphatic rings. The number of amides is 1. The van der Waals surface area contributed by atoms with E-state index in [1.54, 1.807) is 19.5 Å². The summed E-state index contributed by atoms with van der Waals surface area (Å²) in [5.41, 5.74) is 6.31. The molecule has 1 fully saturated rings. The van der Waals surface area contributed by atoms with Gasteiger partial charge >= 0.3 is 0 Å². The molecule has 0 saturated carbocycles. The van der Waals surface area contributed by atoms with E-state index in [-0.39, 0.29) is 17.1 Å². The van der Waals surface area contributed by atoms with Gasteiger partial charge in [0.25, 0.3) is 5.91 Å². The number of imidazole rings is 1. The molecule has 4 aromatic rings. The zero-order valence-corrected chi connectivity index (χ0v) is 23.0. The highest BCUT2D eigenvalue weighted by Gasteiger charge is 2.37. The van der Waals surface area contributed by atoms with Crippen LogP contribution in [0.1, 0.15) is 40.0 Å². The van der Waals surface area contributed by atoms with Crippen LogP contribution < -0.4 is 10.6 Å². The fourth-order valence-corrected chi connectivity index (χ4v) is 5.99. The summed E-state index contributed by atoms with van der Waals surface area (Å²) in [6.07, 6.45) is 5.12. The molecule has 5 heterocycles. The second kappa shape index (κ2) is 10.6. The van der Waals surface area contributed by atoms with E-state index in [1.807, 2.05) is 36.7 Å². The minimum atomic E-state index is -0.344. The number of halogens is 1. The first-order chi connectivity index (χ1) is 19.4. The Kier molecular flexibility index (Phi) is 6.99. The Morgan fingerprint density at radius 3 is 2.80 bits per heavy atom. The zero-order valence-electron chi connectivity index (χ0n) is 23.0. The highest BCUT2D eigenvalue weighted by Crippen LogP contribution is 2.39. The molecule has 6 rings (SSSR count). The molecule has 0 spiro atoms. The molecule has 0 aliphatic carbocycles. The number of carbonyl (C=O) groups is 1. The smallest absolute Gasteiger partial charge is 0.254 e. The van der Waals surface area contributed by atoms with Crippen LogP contribution in [0.5, 0.6) is 0 Å². The summed E-state index contributed by atoms with van der Waals surface area (Å²) in [5, 5.41) is 6.38. The zero-order chi connectivity index (χ0) is 27.9. The largest absolute Gasteiger partial charge is 0.384 e. The van der Waals surface area contributed by atoms with Crippen molar-refractivity contribution < 1.29 is 18.7 Å². The summed E-state index contributed by atoms with van der Waals surface area (Å²) in [4.78, 5) is 24.5. The fourth-order valence-electron chi connectivity index (χ4n) is 5.99. The molecule has 1 amide bonds. The Bertz CT molecular complexity index is 1570. The predicted molar refractivity (Wildman–Crippen MR) is 150 cm³/mol. The Morgan fingerprint density at radius 2 is 2.02 bits per heavy atom. The molecule has 2 aliphatic heterocycles. The number of ether oxygens (including phenoxy) is 2. The fraction of sp³-hybridized carbons (Fsp3) is 0.367. The number of carbonyl (C=O) groups excluding carboxylic acids is 1. The summed E-state index contributed by atoms with van der Waals surface area (Å²) in [5.74, 6) is 0.175. The van der Waals surface area contributed by atoms with Crippen LogP contribution in [0, 0.1) is 5.82 Å². The van der Waals surface area contributed by atoms with Gasteiger partial charge in [-0.05, 0) is 56.3 Å². The molecular formula is C30H33FN6O3. The van der Waals surface area contributed by atoms with Gasteiger partial charge in [0.2, 0.25) is 0 Å². The lowest BCUT2D eigenvalue weighted by Gasteiger charge is -2.38. The number of pyridine rings is 2. The molecule has 2 N–H and O–H groups in total. The maximum Gasteiger partial charge on any atom is 0.254 e. The van der Waals surface area contributed by atoms with E-state index in [4.69, 9.17) is 14.5 Å². The number of nitrogens with zero attached hydrogens (tertiary/aromatic N) is 4. The molecule has 208 valence electrons. The van der Waals surface area contributed by atoms with Crippen LogP contribution in [0.15, 0.2) is 48.8 Å². The number of fused-ring (bicyclic) bond motifs is 2. The molecule has 0 bridgehead atoms. The van der Waals surface area contributed by atoms with Crippen LogP contribution >= 0.6 is 0 Å². The average Bonchev–Trinajstić information content (AvgIpc) is 3.53. The van der Waals surface area contributed by atoms with Gasteiger partial charge in [0.05, 0.1) is 35.4 Å². The van der Waals surface area contributed by atoms with Crippen molar-refractivity contribution in [1.82, 2.24) is 24.6 Å². The van der Waals surface area contributed by atoms with Crippen molar-refractivity contribution in [2.75, 3.05) is 46.3 Å². The second-order valence-corrected chi connectivity index (χ2v) is 10.8. The Balaban J connectivity index is 1.38. The SMILES string of the molecule is COCC1(c2ccc(Nc3ccc(-c4cnc5cc(F)ccn45)c4c3C(=O)NC4)nc2CN(C)C)CCOCC1. The lowest BCUT2D eigenvalue weighted by Crippen LogP contribution is -2.39. The molecule has 3 aromatic heterocycles. The summed E-state index contributed by atoms with van der Waals surface area (Å²) < 4.78 is 26.9. The van der Waals surface area contributed by atoms with Crippen molar-refractivity contribution in [1.29, 1.82) is 0 Å². The third-order valence-electron chi connectivity index (χ3n) is 7.86. The number of benzene rings is 1. The van der Waals surface area contributed by atoms with Crippen LogP contribution in [-0.2, 0) is 28.0 Å². The third kappa shape index (κ3) is 4.72. The minimum absolute atomic E-state index is 0.148. The van der Waals surface area contributed by atoms with Gasteiger partial charge in [-0.15, -0.1) is 0 Å². The van der Waals surface area contributed by atoms with E-state index in [1.165, 1.54) is 17.7 Å². The van der Waals surface area contributed by atoms with Gasteiger partial charge < -0.3 is 25.0 Å². The van der Waals surface area contributed by atoms with Gasteiger partial charge in [-0.25, -0.2) is 14.4 Å². The first kappa shape index (κ1) is 26.4. The van der Waals surface area contributed by atoms with Gasteiger partial charge in [0, 0.05) is 56.7 Å². The van der Waals surface area contributed by atoms with Crippen molar-refractivity contribution in [2.24, 2.45) is 0 Å². The Morgan fingerprint density at radius 1 is 1.20 bits per heavy atom. The maximum atomic E-state index is 13.7. The van der Waals surface area contributed by atoms with Crippen molar-refractivity contribution in [3.05, 3.63) is 77.0 Å². The summed E-state index contributed by atoms with van der Waals surface area (Å²) >= 11 is 0. The van der Waals surface area contributed by atoms with Gasteiger partial charge in [-0.1, -0.05) is 12.1 Å². The lowest BCUT2D eigenvalue weighted by molar-refractivity contribution is 0.0129. The highest BCUT2D eigenvalue weighted by molar-refractivity contribution is 6.06. The lowest BCUT2D eigenvalue weighted by atomic mass is 9.74. The van der Waals surface area contributed by atoms with E-state index in [9.17, 15) is 9.18 Å². The minimum Gasteiger partial charge on any atom is -0.384 e. The average molecular weight is 545 g/mol. The first-order valence-corrected chi connectivity index (χ1v) is 13.4.